The number of rotatable bonds is 3. The first-order valence-corrected chi connectivity index (χ1v) is 8.14. The Labute approximate surface area is 117 Å². The van der Waals surface area contributed by atoms with Crippen LogP contribution in [0.25, 0.3) is 0 Å². The molecule has 3 nitrogen and oxygen atoms in total. The molecule has 1 heterocycles. The van der Waals surface area contributed by atoms with Gasteiger partial charge in [-0.05, 0) is 44.4 Å². The zero-order valence-corrected chi connectivity index (χ0v) is 12.6. The normalized spacial score (nSPS) is 32.6. The van der Waals surface area contributed by atoms with E-state index in [2.05, 4.69) is 18.7 Å². The highest BCUT2D eigenvalue weighted by atomic mass is 16.2. The van der Waals surface area contributed by atoms with E-state index < -0.39 is 0 Å². The van der Waals surface area contributed by atoms with Crippen LogP contribution < -0.4 is 5.73 Å². The first kappa shape index (κ1) is 14.8. The van der Waals surface area contributed by atoms with Crippen LogP contribution in [0, 0.1) is 11.8 Å². The average Bonchev–Trinajstić information content (AvgIpc) is 2.65. The van der Waals surface area contributed by atoms with Crippen LogP contribution in [-0.2, 0) is 4.79 Å². The van der Waals surface area contributed by atoms with Crippen LogP contribution in [0.1, 0.15) is 65.2 Å². The maximum atomic E-state index is 12.8. The summed E-state index contributed by atoms with van der Waals surface area (Å²) in [6.07, 6.45) is 9.04. The summed E-state index contributed by atoms with van der Waals surface area (Å²) in [4.78, 5) is 15.0. The highest BCUT2D eigenvalue weighted by Crippen LogP contribution is 2.30. The number of carbonyl (C=O) groups excluding carboxylic acids is 1. The molecule has 1 saturated carbocycles. The van der Waals surface area contributed by atoms with Crippen molar-refractivity contribution in [1.82, 2.24) is 4.90 Å². The molecule has 2 N–H and O–H groups in total. The van der Waals surface area contributed by atoms with Crippen molar-refractivity contribution >= 4 is 5.91 Å². The fraction of sp³-hybridized carbons (Fsp3) is 0.938. The topological polar surface area (TPSA) is 46.3 Å². The number of hydrogen-bond donors (Lipinski definition) is 1. The summed E-state index contributed by atoms with van der Waals surface area (Å²) >= 11 is 0. The molecule has 1 amide bonds. The molecular weight excluding hydrogens is 236 g/mol. The summed E-state index contributed by atoms with van der Waals surface area (Å²) < 4.78 is 0. The highest BCUT2D eigenvalue weighted by molar-refractivity contribution is 5.79. The van der Waals surface area contributed by atoms with Gasteiger partial charge in [-0.2, -0.15) is 0 Å². The molecule has 3 atom stereocenters. The van der Waals surface area contributed by atoms with E-state index in [-0.39, 0.29) is 12.0 Å². The van der Waals surface area contributed by atoms with Gasteiger partial charge in [0.1, 0.15) is 0 Å². The summed E-state index contributed by atoms with van der Waals surface area (Å²) in [5, 5.41) is 0. The minimum Gasteiger partial charge on any atom is -0.339 e. The fourth-order valence-corrected chi connectivity index (χ4v) is 3.73. The number of nitrogens with two attached hydrogens (primary N) is 1. The monoisotopic (exact) mass is 266 g/mol. The van der Waals surface area contributed by atoms with Crippen molar-refractivity contribution in [2.75, 3.05) is 6.54 Å². The van der Waals surface area contributed by atoms with E-state index in [4.69, 9.17) is 5.73 Å². The number of carbonyl (C=O) groups is 1. The van der Waals surface area contributed by atoms with Crippen molar-refractivity contribution in [1.29, 1.82) is 0 Å². The molecule has 2 fully saturated rings. The minimum atomic E-state index is 0.211. The van der Waals surface area contributed by atoms with Crippen LogP contribution in [0.15, 0.2) is 0 Å². The van der Waals surface area contributed by atoms with E-state index in [1.807, 2.05) is 0 Å². The number of amides is 1. The molecule has 1 saturated heterocycles. The predicted molar refractivity (Wildman–Crippen MR) is 78.7 cm³/mol. The summed E-state index contributed by atoms with van der Waals surface area (Å²) in [6.45, 7) is 5.50. The van der Waals surface area contributed by atoms with Crippen molar-refractivity contribution in [3.05, 3.63) is 0 Å². The van der Waals surface area contributed by atoms with Gasteiger partial charge in [0.15, 0.2) is 0 Å². The average molecular weight is 266 g/mol. The van der Waals surface area contributed by atoms with E-state index in [9.17, 15) is 4.79 Å². The highest BCUT2D eigenvalue weighted by Gasteiger charge is 2.34. The quantitative estimate of drug-likeness (QED) is 0.853. The third-order valence-corrected chi connectivity index (χ3v) is 4.73. The van der Waals surface area contributed by atoms with E-state index in [0.717, 1.165) is 32.2 Å². The molecule has 3 unspecified atom stereocenters. The van der Waals surface area contributed by atoms with Gasteiger partial charge in [-0.25, -0.2) is 0 Å². The molecular formula is C16H30N2O. The van der Waals surface area contributed by atoms with Gasteiger partial charge in [0.25, 0.3) is 0 Å². The number of hydrogen-bond acceptors (Lipinski definition) is 2. The first-order valence-electron chi connectivity index (χ1n) is 8.14. The molecule has 110 valence electrons. The molecule has 2 aliphatic rings. The van der Waals surface area contributed by atoms with Gasteiger partial charge < -0.3 is 10.6 Å². The second-order valence-electron chi connectivity index (χ2n) is 6.93. The molecule has 0 aromatic heterocycles. The Hall–Kier alpha value is -0.570. The zero-order chi connectivity index (χ0) is 13.8. The Bertz CT molecular complexity index is 303. The molecule has 0 spiro atoms. The van der Waals surface area contributed by atoms with E-state index in [0.29, 0.717) is 17.9 Å². The van der Waals surface area contributed by atoms with E-state index in [1.165, 1.54) is 25.7 Å². The van der Waals surface area contributed by atoms with Gasteiger partial charge in [-0.1, -0.05) is 26.7 Å². The van der Waals surface area contributed by atoms with Gasteiger partial charge in [0, 0.05) is 24.5 Å². The minimum absolute atomic E-state index is 0.211. The summed E-state index contributed by atoms with van der Waals surface area (Å²) in [5.41, 5.74) is 5.97. The second kappa shape index (κ2) is 6.74. The maximum absolute atomic E-state index is 12.8. The Morgan fingerprint density at radius 2 is 2.00 bits per heavy atom. The van der Waals surface area contributed by atoms with Crippen molar-refractivity contribution in [3.8, 4) is 0 Å². The van der Waals surface area contributed by atoms with Gasteiger partial charge in [-0.15, -0.1) is 0 Å². The van der Waals surface area contributed by atoms with Crippen LogP contribution in [0.4, 0.5) is 0 Å². The summed E-state index contributed by atoms with van der Waals surface area (Å²) in [7, 11) is 0. The van der Waals surface area contributed by atoms with Gasteiger partial charge in [0.2, 0.25) is 5.91 Å². The van der Waals surface area contributed by atoms with Crippen LogP contribution in [0.2, 0.25) is 0 Å². The smallest absolute Gasteiger partial charge is 0.225 e. The molecule has 19 heavy (non-hydrogen) atoms. The molecule has 0 bridgehead atoms. The van der Waals surface area contributed by atoms with Crippen LogP contribution in [0.5, 0.6) is 0 Å². The van der Waals surface area contributed by atoms with Gasteiger partial charge >= 0.3 is 0 Å². The third-order valence-electron chi connectivity index (χ3n) is 4.73. The van der Waals surface area contributed by atoms with Crippen molar-refractivity contribution in [3.63, 3.8) is 0 Å². The summed E-state index contributed by atoms with van der Waals surface area (Å²) in [5.74, 6) is 1.28. The zero-order valence-electron chi connectivity index (χ0n) is 12.6. The van der Waals surface area contributed by atoms with E-state index in [1.54, 1.807) is 0 Å². The largest absolute Gasteiger partial charge is 0.339 e. The first-order chi connectivity index (χ1) is 9.08. The predicted octanol–water partition coefficient (Wildman–Crippen LogP) is 2.93. The Kier molecular flexibility index (Phi) is 5.26. The third kappa shape index (κ3) is 3.95. The van der Waals surface area contributed by atoms with Gasteiger partial charge in [0.05, 0.1) is 0 Å². The second-order valence-corrected chi connectivity index (χ2v) is 6.93. The van der Waals surface area contributed by atoms with Crippen molar-refractivity contribution in [2.24, 2.45) is 17.6 Å². The lowest BCUT2D eigenvalue weighted by Gasteiger charge is -2.33. The SMILES string of the molecule is CC(C)CC1CCCCCN1C(=O)C1CCC(N)C1. The van der Waals surface area contributed by atoms with Crippen LogP contribution in [-0.4, -0.2) is 29.4 Å². The Balaban J connectivity index is 2.02. The molecule has 3 heteroatoms. The molecule has 1 aliphatic heterocycles. The van der Waals surface area contributed by atoms with Crippen LogP contribution >= 0.6 is 0 Å². The standard InChI is InChI=1S/C16H30N2O/c1-12(2)10-15-6-4-3-5-9-18(15)16(19)13-7-8-14(17)11-13/h12-15H,3-11,17H2,1-2H3. The molecule has 2 rings (SSSR count). The molecule has 0 aromatic carbocycles. The lowest BCUT2D eigenvalue weighted by atomic mass is 9.97. The molecule has 1 aliphatic carbocycles. The van der Waals surface area contributed by atoms with Crippen molar-refractivity contribution < 1.29 is 4.79 Å². The lowest BCUT2D eigenvalue weighted by Crippen LogP contribution is -2.43. The Morgan fingerprint density at radius 3 is 2.63 bits per heavy atom. The molecule has 0 aromatic rings. The maximum Gasteiger partial charge on any atom is 0.225 e. The summed E-state index contributed by atoms with van der Waals surface area (Å²) in [6, 6.07) is 0.733. The Morgan fingerprint density at radius 1 is 1.21 bits per heavy atom. The number of likely N-dealkylation sites (tertiary alicyclic amines) is 1. The fourth-order valence-electron chi connectivity index (χ4n) is 3.73. The lowest BCUT2D eigenvalue weighted by molar-refractivity contribution is -0.138. The van der Waals surface area contributed by atoms with Gasteiger partial charge in [-0.3, -0.25) is 4.79 Å². The van der Waals surface area contributed by atoms with E-state index >= 15 is 0 Å². The van der Waals surface area contributed by atoms with Crippen molar-refractivity contribution in [2.45, 2.75) is 77.3 Å². The number of nitrogens with zero attached hydrogens (tertiary/aromatic N) is 1. The molecule has 0 radical (unpaired) electrons. The van der Waals surface area contributed by atoms with Crippen LogP contribution in [0.3, 0.4) is 0 Å².